The highest BCUT2D eigenvalue weighted by atomic mass is 16.5. The maximum absolute atomic E-state index is 14.0. The number of carbonyl (C=O) groups is 4. The number of aromatic nitrogens is 6. The van der Waals surface area contributed by atoms with Gasteiger partial charge in [0.2, 0.25) is 23.6 Å². The molecule has 21 nitrogen and oxygen atoms in total. The molecule has 0 aliphatic carbocycles. The quantitative estimate of drug-likeness (QED) is 0.0194. The molecule has 4 aromatic heterocycles. The number of pyridine rings is 2. The standard InChI is InChI=1S/C73H93N13O8/c1-3-5-8-22-70(87)82-66-20-14-18-63(80-66)50-84(52-68-75-32-33-76-68)47-59-42-60(48-85(53-69-77-34-35-78-69)51-64-19-15-21-67(81-64)83-71(88)23-9-6-4-2)44-65(43-59)94-37-13-12-36-86(49-58-28-30-62(31-29-58)61-16-10-7-11-17-61)73(90)55-93-41-39-91-38-40-92-54-72(89)79-46-57-26-24-56(45-74)25-27-57/h7,10-11,14-21,24-35,42-44H,3-6,8-9,12-13,22-23,36-41,45-55,74H2,1-2H3,(H,75,76)(H,77,78)(H,79,89)(H,80,82,87)(H,81,83,88). The average molecular weight is 1280 g/mol. The molecule has 4 aromatic carbocycles. The summed E-state index contributed by atoms with van der Waals surface area (Å²) in [4.78, 5) is 84.0. The van der Waals surface area contributed by atoms with Crippen LogP contribution in [0.1, 0.15) is 129 Å². The van der Waals surface area contributed by atoms with Crippen molar-refractivity contribution < 1.29 is 38.1 Å². The van der Waals surface area contributed by atoms with Gasteiger partial charge in [-0.3, -0.25) is 29.0 Å². The number of aromatic amines is 2. The summed E-state index contributed by atoms with van der Waals surface area (Å²) in [7, 11) is 0. The Morgan fingerprint density at radius 2 is 1.03 bits per heavy atom. The summed E-state index contributed by atoms with van der Waals surface area (Å²) in [6, 6.07) is 44.0. The molecule has 0 unspecified atom stereocenters. The van der Waals surface area contributed by atoms with Crippen LogP contribution in [0.2, 0.25) is 0 Å². The molecule has 21 heteroatoms. The van der Waals surface area contributed by atoms with Crippen molar-refractivity contribution in [2.24, 2.45) is 5.73 Å². The van der Waals surface area contributed by atoms with E-state index >= 15 is 0 Å². The second-order valence-corrected chi connectivity index (χ2v) is 23.3. The van der Waals surface area contributed by atoms with E-state index in [0.717, 1.165) is 101 Å². The Morgan fingerprint density at radius 1 is 0.489 bits per heavy atom. The van der Waals surface area contributed by atoms with Crippen LogP contribution in [0.3, 0.4) is 0 Å². The number of hydrogen-bond donors (Lipinski definition) is 6. The first-order chi connectivity index (χ1) is 46.1. The molecule has 0 atom stereocenters. The largest absolute Gasteiger partial charge is 0.494 e. The molecule has 0 aliphatic heterocycles. The number of hydrogen-bond acceptors (Lipinski definition) is 15. The summed E-state index contributed by atoms with van der Waals surface area (Å²) in [6.07, 6.45) is 15.0. The lowest BCUT2D eigenvalue weighted by atomic mass is 10.0. The maximum Gasteiger partial charge on any atom is 0.248 e. The Balaban J connectivity index is 0.932. The zero-order valence-electron chi connectivity index (χ0n) is 54.6. The molecular formula is C73H93N13O8. The number of rotatable bonds is 44. The summed E-state index contributed by atoms with van der Waals surface area (Å²) in [5.74, 6) is 2.85. The van der Waals surface area contributed by atoms with Crippen molar-refractivity contribution in [3.05, 3.63) is 209 Å². The van der Waals surface area contributed by atoms with Crippen LogP contribution in [0.25, 0.3) is 11.1 Å². The Kier molecular flexibility index (Phi) is 30.3. The lowest BCUT2D eigenvalue weighted by Gasteiger charge is -2.24. The van der Waals surface area contributed by atoms with Crippen molar-refractivity contribution in [1.82, 2.24) is 49.9 Å². The smallest absolute Gasteiger partial charge is 0.248 e. The average Bonchev–Trinajstić information content (AvgIpc) is 1.99. The Bertz CT molecular complexity index is 3350. The number of carbonyl (C=O) groups excluding carboxylic acids is 4. The van der Waals surface area contributed by atoms with E-state index in [1.165, 1.54) is 0 Å². The Morgan fingerprint density at radius 3 is 1.59 bits per heavy atom. The summed E-state index contributed by atoms with van der Waals surface area (Å²) in [5.41, 5.74) is 14.5. The number of nitrogens with two attached hydrogens (primary N) is 1. The Hall–Kier alpha value is -8.96. The van der Waals surface area contributed by atoms with E-state index in [1.807, 2.05) is 96.2 Å². The van der Waals surface area contributed by atoms with E-state index in [9.17, 15) is 19.2 Å². The van der Waals surface area contributed by atoms with Gasteiger partial charge >= 0.3 is 0 Å². The summed E-state index contributed by atoms with van der Waals surface area (Å²) >= 11 is 0. The normalized spacial score (nSPS) is 11.3. The van der Waals surface area contributed by atoms with Crippen LogP contribution >= 0.6 is 0 Å². The number of amides is 4. The van der Waals surface area contributed by atoms with E-state index in [2.05, 4.69) is 114 Å². The molecule has 0 bridgehead atoms. The third-order valence-electron chi connectivity index (χ3n) is 15.5. The predicted molar refractivity (Wildman–Crippen MR) is 364 cm³/mol. The molecule has 0 fully saturated rings. The first kappa shape index (κ1) is 70.9. The van der Waals surface area contributed by atoms with Crippen LogP contribution in [0.15, 0.2) is 158 Å². The van der Waals surface area contributed by atoms with Crippen LogP contribution in [0, 0.1) is 0 Å². The van der Waals surface area contributed by atoms with Gasteiger partial charge in [-0.05, 0) is 101 Å². The first-order valence-corrected chi connectivity index (χ1v) is 32.9. The highest BCUT2D eigenvalue weighted by molar-refractivity contribution is 5.90. The van der Waals surface area contributed by atoms with Gasteiger partial charge in [-0.15, -0.1) is 0 Å². The van der Waals surface area contributed by atoms with Gasteiger partial charge in [0.1, 0.15) is 42.2 Å². The second kappa shape index (κ2) is 40.2. The van der Waals surface area contributed by atoms with E-state index in [-0.39, 0.29) is 63.3 Å². The van der Waals surface area contributed by atoms with Crippen molar-refractivity contribution in [2.45, 2.75) is 137 Å². The molecule has 498 valence electrons. The minimum Gasteiger partial charge on any atom is -0.494 e. The van der Waals surface area contributed by atoms with Gasteiger partial charge < -0.3 is 55.5 Å². The molecular weight excluding hydrogens is 1190 g/mol. The maximum atomic E-state index is 14.0. The monoisotopic (exact) mass is 1280 g/mol. The van der Waals surface area contributed by atoms with Crippen molar-refractivity contribution >= 4 is 35.3 Å². The zero-order valence-corrected chi connectivity index (χ0v) is 54.6. The number of H-pyrrole nitrogens is 2. The lowest BCUT2D eigenvalue weighted by Crippen LogP contribution is -2.35. The van der Waals surface area contributed by atoms with Crippen molar-refractivity contribution in [3.8, 4) is 16.9 Å². The molecule has 0 spiro atoms. The molecule has 4 amide bonds. The van der Waals surface area contributed by atoms with Crippen LogP contribution in [-0.2, 0) is 92.3 Å². The van der Waals surface area contributed by atoms with Gasteiger partial charge in [0.05, 0.1) is 57.5 Å². The molecule has 8 aromatic rings. The molecule has 0 radical (unpaired) electrons. The molecule has 8 rings (SSSR count). The second-order valence-electron chi connectivity index (χ2n) is 23.3. The highest BCUT2D eigenvalue weighted by Gasteiger charge is 2.19. The molecule has 0 saturated carbocycles. The van der Waals surface area contributed by atoms with E-state index < -0.39 is 0 Å². The number of anilines is 2. The first-order valence-electron chi connectivity index (χ1n) is 32.9. The SMILES string of the molecule is CCCCCC(=O)Nc1cccc(CN(Cc2cc(CN(Cc3cccc(NC(=O)CCCCC)n3)Cc3ncc[nH]3)cc(OCCCCN(Cc3ccc(-c4ccccc4)cc3)C(=O)COCCOCCOCC(=O)NCc3ccc(CN)cc3)c2)Cc2ncc[nH]2)n1. The van der Waals surface area contributed by atoms with E-state index in [1.54, 1.807) is 12.4 Å². The third-order valence-corrected chi connectivity index (χ3v) is 15.5. The zero-order chi connectivity index (χ0) is 65.8. The van der Waals surface area contributed by atoms with Crippen molar-refractivity contribution in [3.63, 3.8) is 0 Å². The number of imidazole rings is 2. The molecule has 94 heavy (non-hydrogen) atoms. The number of nitrogens with one attached hydrogen (secondary N) is 5. The van der Waals surface area contributed by atoms with Crippen LogP contribution < -0.4 is 26.4 Å². The summed E-state index contributed by atoms with van der Waals surface area (Å²) in [5, 5.41) is 8.86. The van der Waals surface area contributed by atoms with Gasteiger partial charge in [-0.1, -0.05) is 137 Å². The molecule has 0 aliphatic rings. The van der Waals surface area contributed by atoms with Gasteiger partial charge in [0.25, 0.3) is 0 Å². The summed E-state index contributed by atoms with van der Waals surface area (Å²) in [6.45, 7) is 9.99. The van der Waals surface area contributed by atoms with E-state index in [0.29, 0.717) is 115 Å². The lowest BCUT2D eigenvalue weighted by molar-refractivity contribution is -0.137. The van der Waals surface area contributed by atoms with Gasteiger partial charge in [-0.25, -0.2) is 19.9 Å². The highest BCUT2D eigenvalue weighted by Crippen LogP contribution is 2.25. The van der Waals surface area contributed by atoms with Crippen molar-refractivity contribution in [1.29, 1.82) is 0 Å². The van der Waals surface area contributed by atoms with Crippen LogP contribution in [-0.4, -0.2) is 121 Å². The fraction of sp³-hybridized carbons (Fsp3) is 0.397. The van der Waals surface area contributed by atoms with E-state index in [4.69, 9.17) is 34.6 Å². The number of unbranched alkanes of at least 4 members (excludes halogenated alkanes) is 5. The number of ether oxygens (including phenoxy) is 4. The minimum atomic E-state index is -0.222. The topological polar surface area (TPSA) is 260 Å². The van der Waals surface area contributed by atoms with Crippen LogP contribution in [0.5, 0.6) is 5.75 Å². The van der Waals surface area contributed by atoms with Gasteiger partial charge in [0, 0.05) is 90.0 Å². The third kappa shape index (κ3) is 26.2. The number of benzene rings is 4. The van der Waals surface area contributed by atoms with Crippen LogP contribution in [0.4, 0.5) is 11.6 Å². The molecule has 7 N–H and O–H groups in total. The predicted octanol–water partition coefficient (Wildman–Crippen LogP) is 11.0. The van der Waals surface area contributed by atoms with Gasteiger partial charge in [0.15, 0.2) is 0 Å². The molecule has 4 heterocycles. The molecule has 0 saturated heterocycles. The Labute approximate surface area is 553 Å². The summed E-state index contributed by atoms with van der Waals surface area (Å²) < 4.78 is 23.8. The fourth-order valence-corrected chi connectivity index (χ4v) is 10.6. The van der Waals surface area contributed by atoms with Crippen molar-refractivity contribution in [2.75, 3.05) is 63.4 Å². The number of nitrogens with zero attached hydrogens (tertiary/aromatic N) is 7. The fourth-order valence-electron chi connectivity index (χ4n) is 10.6. The minimum absolute atomic E-state index is 0.0502. The van der Waals surface area contributed by atoms with Gasteiger partial charge in [-0.2, -0.15) is 0 Å².